The molecule has 2 aliphatic rings. The van der Waals surface area contributed by atoms with Crippen molar-refractivity contribution in [1.82, 2.24) is 5.32 Å². The van der Waals surface area contributed by atoms with E-state index in [0.717, 1.165) is 18.2 Å². The summed E-state index contributed by atoms with van der Waals surface area (Å²) in [6, 6.07) is 21.6. The van der Waals surface area contributed by atoms with Gasteiger partial charge in [-0.25, -0.2) is 4.79 Å². The first-order chi connectivity index (χ1) is 21.2. The van der Waals surface area contributed by atoms with E-state index in [2.05, 4.69) is 5.32 Å². The third-order valence-electron chi connectivity index (χ3n) is 7.57. The Kier molecular flexibility index (Phi) is 7.05. The van der Waals surface area contributed by atoms with E-state index < -0.39 is 44.6 Å². The third-order valence-corrected chi connectivity index (χ3v) is 7.57. The number of amides is 1. The van der Waals surface area contributed by atoms with Crippen LogP contribution in [0.25, 0.3) is 0 Å². The number of benzene rings is 4. The van der Waals surface area contributed by atoms with Crippen molar-refractivity contribution in [3.63, 3.8) is 0 Å². The number of carbonyl (C=O) groups is 2. The number of non-ortho nitro benzene ring substituents is 2. The lowest BCUT2D eigenvalue weighted by Gasteiger charge is -2.43. The zero-order valence-corrected chi connectivity index (χ0v) is 23.1. The first-order valence-corrected chi connectivity index (χ1v) is 13.3. The molecule has 0 aliphatic carbocycles. The van der Waals surface area contributed by atoms with Crippen molar-refractivity contribution in [2.24, 2.45) is 0 Å². The molecule has 0 aromatic heterocycles. The number of esters is 1. The summed E-state index contributed by atoms with van der Waals surface area (Å²) >= 11 is 0. The third kappa shape index (κ3) is 5.00. The van der Waals surface area contributed by atoms with Gasteiger partial charge in [0.1, 0.15) is 11.5 Å². The predicted octanol–water partition coefficient (Wildman–Crippen LogP) is 4.70. The number of hydrogen-bond acceptors (Lipinski definition) is 10. The minimum Gasteiger partial charge on any atom is -0.497 e. The Labute approximate surface area is 249 Å². The highest BCUT2D eigenvalue weighted by Crippen LogP contribution is 2.50. The number of nitro benzene ring substituents is 2. The molecule has 4 aromatic carbocycles. The molecule has 0 unspecified atom stereocenters. The van der Waals surface area contributed by atoms with Gasteiger partial charge in [-0.3, -0.25) is 25.0 Å². The van der Waals surface area contributed by atoms with Crippen LogP contribution in [-0.4, -0.2) is 41.2 Å². The molecule has 2 heterocycles. The van der Waals surface area contributed by atoms with Crippen molar-refractivity contribution in [1.29, 1.82) is 0 Å². The summed E-state index contributed by atoms with van der Waals surface area (Å²) in [5.41, 5.74) is -1.76. The molecular formula is C31H23N3O10. The van der Waals surface area contributed by atoms with Gasteiger partial charge in [-0.05, 0) is 29.3 Å². The summed E-state index contributed by atoms with van der Waals surface area (Å²) in [7, 11) is 1.51. The number of ether oxygens (including phenoxy) is 4. The summed E-state index contributed by atoms with van der Waals surface area (Å²) in [5.74, 6) is -1.11. The van der Waals surface area contributed by atoms with Crippen LogP contribution in [0, 0.1) is 20.2 Å². The molecule has 13 nitrogen and oxygen atoms in total. The van der Waals surface area contributed by atoms with Gasteiger partial charge < -0.3 is 24.3 Å². The molecule has 0 saturated heterocycles. The van der Waals surface area contributed by atoms with Crippen molar-refractivity contribution in [2.45, 2.75) is 17.9 Å². The monoisotopic (exact) mass is 597 g/mol. The van der Waals surface area contributed by atoms with Gasteiger partial charge in [0.15, 0.2) is 17.0 Å². The maximum absolute atomic E-state index is 14.3. The largest absolute Gasteiger partial charge is 0.497 e. The van der Waals surface area contributed by atoms with Crippen LogP contribution in [0.1, 0.15) is 33.0 Å². The standard InChI is InChI=1S/C31H23N3O10/c1-41-23-9-7-19(8-10-23)28-24-14-26-27(43-17-42-26)15-25(24)44-30(36)31(28,16-18-5-3-2-4-6-18)32-29(35)20-11-21(33(37)38)13-22(12-20)34(39)40/h2-15,28H,16-17H2,1H3,(H,32,35)/t28-,31-/m1/s1. The molecule has 6 rings (SSSR count). The summed E-state index contributed by atoms with van der Waals surface area (Å²) in [5, 5.41) is 25.9. The maximum Gasteiger partial charge on any atom is 0.338 e. The van der Waals surface area contributed by atoms with Gasteiger partial charge >= 0.3 is 5.97 Å². The van der Waals surface area contributed by atoms with Crippen LogP contribution in [0.3, 0.4) is 0 Å². The predicted molar refractivity (Wildman–Crippen MR) is 153 cm³/mol. The number of nitro groups is 2. The van der Waals surface area contributed by atoms with E-state index in [4.69, 9.17) is 18.9 Å². The molecular weight excluding hydrogens is 574 g/mol. The van der Waals surface area contributed by atoms with E-state index >= 15 is 0 Å². The second-order valence-electron chi connectivity index (χ2n) is 10.2. The van der Waals surface area contributed by atoms with E-state index in [1.165, 1.54) is 7.11 Å². The van der Waals surface area contributed by atoms with E-state index in [0.29, 0.717) is 33.9 Å². The van der Waals surface area contributed by atoms with Crippen molar-refractivity contribution in [3.05, 3.63) is 127 Å². The Morgan fingerprint density at radius 2 is 1.55 bits per heavy atom. The Morgan fingerprint density at radius 3 is 2.16 bits per heavy atom. The van der Waals surface area contributed by atoms with Crippen LogP contribution in [0.2, 0.25) is 0 Å². The fourth-order valence-electron chi connectivity index (χ4n) is 5.56. The topological polar surface area (TPSA) is 169 Å². The average molecular weight is 598 g/mol. The minimum atomic E-state index is -1.84. The summed E-state index contributed by atoms with van der Waals surface area (Å²) in [6.07, 6.45) is -0.0694. The van der Waals surface area contributed by atoms with Crippen molar-refractivity contribution in [2.75, 3.05) is 13.9 Å². The Balaban J connectivity index is 1.56. The summed E-state index contributed by atoms with van der Waals surface area (Å²) < 4.78 is 22.3. The van der Waals surface area contributed by atoms with Gasteiger partial charge in [-0.15, -0.1) is 0 Å². The molecule has 0 radical (unpaired) electrons. The van der Waals surface area contributed by atoms with Gasteiger partial charge in [0.25, 0.3) is 17.3 Å². The zero-order chi connectivity index (χ0) is 31.0. The quantitative estimate of drug-likeness (QED) is 0.130. The molecule has 2 aliphatic heterocycles. The van der Waals surface area contributed by atoms with Crippen molar-refractivity contribution in [3.8, 4) is 23.0 Å². The molecule has 222 valence electrons. The van der Waals surface area contributed by atoms with E-state index in [9.17, 15) is 29.8 Å². The number of nitrogens with zero attached hydrogens (tertiary/aromatic N) is 2. The molecule has 44 heavy (non-hydrogen) atoms. The smallest absolute Gasteiger partial charge is 0.338 e. The van der Waals surface area contributed by atoms with Crippen LogP contribution in [-0.2, 0) is 11.2 Å². The Morgan fingerprint density at radius 1 is 0.909 bits per heavy atom. The lowest BCUT2D eigenvalue weighted by molar-refractivity contribution is -0.394. The molecule has 13 heteroatoms. The van der Waals surface area contributed by atoms with Gasteiger partial charge in [0.05, 0.1) is 28.6 Å². The van der Waals surface area contributed by atoms with Gasteiger partial charge in [0.2, 0.25) is 6.79 Å². The molecule has 1 N–H and O–H groups in total. The van der Waals surface area contributed by atoms with Gasteiger partial charge in [0, 0.05) is 36.1 Å². The number of fused-ring (bicyclic) bond motifs is 2. The highest BCUT2D eigenvalue weighted by molar-refractivity contribution is 6.01. The highest BCUT2D eigenvalue weighted by atomic mass is 16.7. The number of carbonyl (C=O) groups excluding carboxylic acids is 2. The zero-order valence-electron chi connectivity index (χ0n) is 23.1. The van der Waals surface area contributed by atoms with E-state index in [1.54, 1.807) is 66.7 Å². The van der Waals surface area contributed by atoms with Crippen LogP contribution < -0.4 is 24.3 Å². The normalized spacial score (nSPS) is 18.1. The van der Waals surface area contributed by atoms with Crippen LogP contribution in [0.5, 0.6) is 23.0 Å². The highest BCUT2D eigenvalue weighted by Gasteiger charge is 2.54. The molecule has 0 spiro atoms. The number of rotatable bonds is 8. The minimum absolute atomic E-state index is 0.0309. The van der Waals surface area contributed by atoms with Crippen LogP contribution >= 0.6 is 0 Å². The molecule has 0 saturated carbocycles. The Hall–Kier alpha value is -5.98. The number of methoxy groups -OCH3 is 1. The maximum atomic E-state index is 14.3. The molecule has 0 fully saturated rings. The van der Waals surface area contributed by atoms with E-state index in [1.807, 2.05) is 0 Å². The van der Waals surface area contributed by atoms with Gasteiger partial charge in [-0.1, -0.05) is 42.5 Å². The molecule has 1 amide bonds. The lowest BCUT2D eigenvalue weighted by atomic mass is 9.69. The first-order valence-electron chi connectivity index (χ1n) is 13.3. The van der Waals surface area contributed by atoms with Crippen LogP contribution in [0.4, 0.5) is 11.4 Å². The first kappa shape index (κ1) is 28.2. The number of nitrogens with one attached hydrogen (secondary N) is 1. The second kappa shape index (κ2) is 11.0. The fourth-order valence-corrected chi connectivity index (χ4v) is 5.56. The average Bonchev–Trinajstić information content (AvgIpc) is 3.48. The molecule has 0 bridgehead atoms. The number of hydrogen-bond donors (Lipinski definition) is 1. The SMILES string of the molecule is COc1ccc([C@@H]2c3cc4c(cc3OC(=O)[C@]2(Cc2ccccc2)NC(=O)c2cc([N+](=O)[O-])cc([N+](=O)[O-])c2)OCO4)cc1. The van der Waals surface area contributed by atoms with Gasteiger partial charge in [-0.2, -0.15) is 0 Å². The second-order valence-corrected chi connectivity index (χ2v) is 10.2. The van der Waals surface area contributed by atoms with Crippen molar-refractivity contribution >= 4 is 23.3 Å². The molecule has 4 aromatic rings. The summed E-state index contributed by atoms with van der Waals surface area (Å²) in [4.78, 5) is 49.7. The van der Waals surface area contributed by atoms with E-state index in [-0.39, 0.29) is 24.5 Å². The Bertz CT molecular complexity index is 1780. The van der Waals surface area contributed by atoms with Crippen molar-refractivity contribution < 1.29 is 38.4 Å². The fraction of sp³-hybridized carbons (Fsp3) is 0.161. The summed E-state index contributed by atoms with van der Waals surface area (Å²) in [6.45, 7) is -0.0309. The van der Waals surface area contributed by atoms with Crippen LogP contribution in [0.15, 0.2) is 84.9 Å². The molecule has 2 atom stereocenters. The lowest BCUT2D eigenvalue weighted by Crippen LogP contribution is -2.63.